The highest BCUT2D eigenvalue weighted by Gasteiger charge is 2.47. The molecule has 30 heavy (non-hydrogen) atoms. The molecule has 0 aromatic carbocycles. The molecule has 0 radical (unpaired) electrons. The van der Waals surface area contributed by atoms with Crippen molar-refractivity contribution in [1.29, 1.82) is 0 Å². The van der Waals surface area contributed by atoms with Crippen molar-refractivity contribution in [2.45, 2.75) is 31.8 Å². The molecule has 162 valence electrons. The minimum absolute atomic E-state index is 0.00819. The van der Waals surface area contributed by atoms with Crippen LogP contribution in [0.4, 0.5) is 0 Å². The fourth-order valence-corrected chi connectivity index (χ4v) is 4.51. The van der Waals surface area contributed by atoms with E-state index in [1.165, 1.54) is 0 Å². The van der Waals surface area contributed by atoms with E-state index in [0.29, 0.717) is 45.0 Å². The summed E-state index contributed by atoms with van der Waals surface area (Å²) in [5.41, 5.74) is 1.13. The van der Waals surface area contributed by atoms with E-state index in [4.69, 9.17) is 9.47 Å². The number of aromatic nitrogens is 5. The molecular formula is C20H29N7O3. The molecule has 0 saturated carbocycles. The summed E-state index contributed by atoms with van der Waals surface area (Å²) in [6.45, 7) is 7.17. The van der Waals surface area contributed by atoms with Crippen LogP contribution in [0.1, 0.15) is 34.6 Å². The van der Waals surface area contributed by atoms with Gasteiger partial charge in [0.25, 0.3) is 5.91 Å². The molecule has 0 N–H and O–H groups in total. The molecule has 4 heterocycles. The van der Waals surface area contributed by atoms with Crippen molar-refractivity contribution in [3.05, 3.63) is 35.4 Å². The van der Waals surface area contributed by atoms with Crippen LogP contribution in [-0.4, -0.2) is 94.0 Å². The standard InChI is InChI=1S/C20H29N7O3/c1-16-4-6-21-14-17(16)18(28)25-7-3-5-20(15-25,26-8-12-30-13-9-26)19-22-23-24-27(19)10-11-29-2/h4,6,14H,3,5,7-13,15H2,1-2H3. The Morgan fingerprint density at radius 1 is 1.30 bits per heavy atom. The lowest BCUT2D eigenvalue weighted by Crippen LogP contribution is -2.61. The summed E-state index contributed by atoms with van der Waals surface area (Å²) in [6.07, 6.45) is 5.13. The Balaban J connectivity index is 1.68. The van der Waals surface area contributed by atoms with Gasteiger partial charge in [-0.3, -0.25) is 14.7 Å². The second-order valence-corrected chi connectivity index (χ2v) is 7.87. The summed E-state index contributed by atoms with van der Waals surface area (Å²) < 4.78 is 12.7. The first-order valence-electron chi connectivity index (χ1n) is 10.4. The molecular weight excluding hydrogens is 386 g/mol. The Labute approximate surface area is 176 Å². The lowest BCUT2D eigenvalue weighted by Gasteiger charge is -2.49. The average molecular weight is 415 g/mol. The van der Waals surface area contributed by atoms with E-state index in [1.807, 2.05) is 22.6 Å². The lowest BCUT2D eigenvalue weighted by molar-refractivity contribution is -0.0573. The molecule has 1 atom stereocenters. The Bertz CT molecular complexity index is 868. The monoisotopic (exact) mass is 415 g/mol. The molecule has 2 aromatic heterocycles. The molecule has 2 aliphatic rings. The van der Waals surface area contributed by atoms with Crippen molar-refractivity contribution in [2.75, 3.05) is 53.1 Å². The summed E-state index contributed by atoms with van der Waals surface area (Å²) in [7, 11) is 1.67. The maximum Gasteiger partial charge on any atom is 0.255 e. The van der Waals surface area contributed by atoms with E-state index in [2.05, 4.69) is 25.4 Å². The summed E-state index contributed by atoms with van der Waals surface area (Å²) in [5.74, 6) is 0.802. The molecule has 2 saturated heterocycles. The van der Waals surface area contributed by atoms with Gasteiger partial charge in [-0.2, -0.15) is 0 Å². The number of amides is 1. The van der Waals surface area contributed by atoms with Crippen molar-refractivity contribution in [3.8, 4) is 0 Å². The van der Waals surface area contributed by atoms with Crippen molar-refractivity contribution in [1.82, 2.24) is 35.0 Å². The molecule has 0 aliphatic carbocycles. The molecule has 10 heteroatoms. The van der Waals surface area contributed by atoms with Gasteiger partial charge in [0.15, 0.2) is 5.82 Å². The number of rotatable bonds is 6. The number of methoxy groups -OCH3 is 1. The zero-order valence-electron chi connectivity index (χ0n) is 17.7. The van der Waals surface area contributed by atoms with Gasteiger partial charge < -0.3 is 14.4 Å². The fourth-order valence-electron chi connectivity index (χ4n) is 4.51. The molecule has 0 spiro atoms. The maximum absolute atomic E-state index is 13.4. The Hall–Kier alpha value is -2.43. The SMILES string of the molecule is COCCn1nnnc1C1(N2CCOCC2)CCCN(C(=O)c2cnccc2C)C1. The van der Waals surface area contributed by atoms with E-state index in [0.717, 1.165) is 37.3 Å². The zero-order valence-corrected chi connectivity index (χ0v) is 17.7. The Morgan fingerprint density at radius 2 is 2.13 bits per heavy atom. The Morgan fingerprint density at radius 3 is 2.90 bits per heavy atom. The van der Waals surface area contributed by atoms with E-state index in [-0.39, 0.29) is 5.91 Å². The van der Waals surface area contributed by atoms with Gasteiger partial charge in [0.1, 0.15) is 5.54 Å². The first-order chi connectivity index (χ1) is 14.7. The fraction of sp³-hybridized carbons (Fsp3) is 0.650. The van der Waals surface area contributed by atoms with Crippen LogP contribution >= 0.6 is 0 Å². The summed E-state index contributed by atoms with van der Waals surface area (Å²) in [5, 5.41) is 12.6. The number of hydrogen-bond acceptors (Lipinski definition) is 8. The van der Waals surface area contributed by atoms with Gasteiger partial charge >= 0.3 is 0 Å². The quantitative estimate of drug-likeness (QED) is 0.672. The third-order valence-electron chi connectivity index (χ3n) is 6.10. The molecule has 10 nitrogen and oxygen atoms in total. The van der Waals surface area contributed by atoms with Crippen LogP contribution in [0.3, 0.4) is 0 Å². The van der Waals surface area contributed by atoms with E-state index < -0.39 is 5.54 Å². The second-order valence-electron chi connectivity index (χ2n) is 7.87. The number of carbonyl (C=O) groups excluding carboxylic acids is 1. The van der Waals surface area contributed by atoms with Crippen molar-refractivity contribution in [2.24, 2.45) is 0 Å². The zero-order chi connectivity index (χ0) is 21.0. The van der Waals surface area contributed by atoms with Gasteiger partial charge in [-0.15, -0.1) is 5.10 Å². The van der Waals surface area contributed by atoms with Gasteiger partial charge in [-0.05, 0) is 41.8 Å². The van der Waals surface area contributed by atoms with Crippen LogP contribution < -0.4 is 0 Å². The smallest absolute Gasteiger partial charge is 0.255 e. The number of pyridine rings is 1. The number of aryl methyl sites for hydroxylation is 1. The molecule has 1 unspecified atom stereocenters. The molecule has 4 rings (SSSR count). The third-order valence-corrected chi connectivity index (χ3v) is 6.10. The number of ether oxygens (including phenoxy) is 2. The lowest BCUT2D eigenvalue weighted by atomic mass is 9.85. The number of nitrogens with zero attached hydrogens (tertiary/aromatic N) is 7. The summed E-state index contributed by atoms with van der Waals surface area (Å²) in [6, 6.07) is 1.87. The van der Waals surface area contributed by atoms with Crippen molar-refractivity contribution in [3.63, 3.8) is 0 Å². The van der Waals surface area contributed by atoms with E-state index in [9.17, 15) is 4.79 Å². The first kappa shape index (κ1) is 20.8. The van der Waals surface area contributed by atoms with Crippen molar-refractivity contribution >= 4 is 5.91 Å². The number of carbonyl (C=O) groups is 1. The predicted molar refractivity (Wildman–Crippen MR) is 108 cm³/mol. The van der Waals surface area contributed by atoms with Crippen molar-refractivity contribution < 1.29 is 14.3 Å². The number of hydrogen-bond donors (Lipinski definition) is 0. The normalized spacial score (nSPS) is 22.9. The third kappa shape index (κ3) is 3.94. The minimum atomic E-state index is -0.453. The summed E-state index contributed by atoms with van der Waals surface area (Å²) in [4.78, 5) is 21.9. The number of morpholine rings is 1. The molecule has 0 bridgehead atoms. The van der Waals surface area contributed by atoms with Crippen LogP contribution in [0.5, 0.6) is 0 Å². The van der Waals surface area contributed by atoms with Gasteiger partial charge in [0, 0.05) is 45.7 Å². The molecule has 2 aliphatic heterocycles. The topological polar surface area (TPSA) is 98.5 Å². The highest BCUT2D eigenvalue weighted by atomic mass is 16.5. The highest BCUT2D eigenvalue weighted by molar-refractivity contribution is 5.95. The molecule has 2 aromatic rings. The highest BCUT2D eigenvalue weighted by Crippen LogP contribution is 2.37. The Kier molecular flexibility index (Phi) is 6.35. The number of likely N-dealkylation sites (tertiary alicyclic amines) is 1. The van der Waals surface area contributed by atoms with Crippen LogP contribution in [-0.2, 0) is 21.6 Å². The second kappa shape index (κ2) is 9.15. The minimum Gasteiger partial charge on any atom is -0.383 e. The van der Waals surface area contributed by atoms with Gasteiger partial charge in [0.05, 0.1) is 31.9 Å². The number of tetrazole rings is 1. The van der Waals surface area contributed by atoms with Crippen LogP contribution in [0.2, 0.25) is 0 Å². The predicted octanol–water partition coefficient (Wildman–Crippen LogP) is 0.487. The number of piperidine rings is 1. The summed E-state index contributed by atoms with van der Waals surface area (Å²) >= 11 is 0. The van der Waals surface area contributed by atoms with E-state index in [1.54, 1.807) is 19.5 Å². The van der Waals surface area contributed by atoms with Gasteiger partial charge in [0.2, 0.25) is 0 Å². The van der Waals surface area contributed by atoms with Gasteiger partial charge in [-0.1, -0.05) is 0 Å². The van der Waals surface area contributed by atoms with Crippen LogP contribution in [0, 0.1) is 6.92 Å². The van der Waals surface area contributed by atoms with Gasteiger partial charge in [-0.25, -0.2) is 4.68 Å². The first-order valence-corrected chi connectivity index (χ1v) is 10.4. The molecule has 1 amide bonds. The average Bonchev–Trinajstić information content (AvgIpc) is 3.27. The molecule has 2 fully saturated rings. The van der Waals surface area contributed by atoms with Crippen LogP contribution in [0.15, 0.2) is 18.5 Å². The maximum atomic E-state index is 13.4. The largest absolute Gasteiger partial charge is 0.383 e. The van der Waals surface area contributed by atoms with Crippen LogP contribution in [0.25, 0.3) is 0 Å². The van der Waals surface area contributed by atoms with E-state index >= 15 is 0 Å².